The first kappa shape index (κ1) is 13.6. The lowest BCUT2D eigenvalue weighted by Crippen LogP contribution is -2.41. The smallest absolute Gasteiger partial charge is 0.253 e. The summed E-state index contributed by atoms with van der Waals surface area (Å²) in [5.41, 5.74) is 6.49. The van der Waals surface area contributed by atoms with Crippen LogP contribution in [0, 0.1) is 12.3 Å². The molecule has 0 aliphatic rings. The predicted molar refractivity (Wildman–Crippen MR) is 71.9 cm³/mol. The average Bonchev–Trinajstić information content (AvgIpc) is 2.26. The number of nitrogens with two attached hydrogens (primary N) is 1. The molecule has 0 aliphatic heterocycles. The van der Waals surface area contributed by atoms with Gasteiger partial charge in [0, 0.05) is 23.9 Å². The van der Waals surface area contributed by atoms with Crippen LogP contribution in [0.3, 0.4) is 0 Å². The monoisotopic (exact) mass is 251 g/mol. The van der Waals surface area contributed by atoms with Crippen molar-refractivity contribution >= 4 is 23.1 Å². The first-order valence-corrected chi connectivity index (χ1v) is 5.75. The number of hydrogen-bond acceptors (Lipinski definition) is 3. The van der Waals surface area contributed by atoms with E-state index in [9.17, 15) is 4.79 Å². The van der Waals surface area contributed by atoms with Crippen LogP contribution < -0.4 is 11.1 Å². The first-order chi connectivity index (χ1) is 7.84. The number of amides is 1. The minimum atomic E-state index is -0.388. The van der Waals surface area contributed by atoms with Gasteiger partial charge in [0.15, 0.2) is 0 Å². The van der Waals surface area contributed by atoms with E-state index in [4.69, 9.17) is 18.0 Å². The van der Waals surface area contributed by atoms with Gasteiger partial charge in [0.25, 0.3) is 5.91 Å². The molecule has 0 bridgehead atoms. The predicted octanol–water partition coefficient (Wildman–Crippen LogP) is 1.43. The van der Waals surface area contributed by atoms with E-state index in [1.54, 1.807) is 25.3 Å². The number of nitrogens with one attached hydrogen (secondary N) is 1. The second kappa shape index (κ2) is 5.23. The Morgan fingerprint density at radius 1 is 1.59 bits per heavy atom. The van der Waals surface area contributed by atoms with E-state index >= 15 is 0 Å². The molecule has 0 aliphatic carbocycles. The molecule has 0 radical (unpaired) electrons. The van der Waals surface area contributed by atoms with Crippen molar-refractivity contribution in [2.24, 2.45) is 11.1 Å². The number of hydrogen-bond donors (Lipinski definition) is 2. The number of rotatable bonds is 4. The molecule has 0 saturated carbocycles. The normalized spacial score (nSPS) is 11.0. The Kier molecular flexibility index (Phi) is 4.17. The highest BCUT2D eigenvalue weighted by molar-refractivity contribution is 7.80. The van der Waals surface area contributed by atoms with Crippen LogP contribution in [0.15, 0.2) is 18.3 Å². The summed E-state index contributed by atoms with van der Waals surface area (Å²) in [6.45, 7) is 6.00. The zero-order chi connectivity index (χ0) is 13.1. The molecule has 1 rings (SSSR count). The Morgan fingerprint density at radius 3 is 2.76 bits per heavy atom. The fraction of sp³-hybridized carbons (Fsp3) is 0.417. The fourth-order valence-electron chi connectivity index (χ4n) is 1.21. The van der Waals surface area contributed by atoms with E-state index in [1.807, 2.05) is 13.8 Å². The van der Waals surface area contributed by atoms with Crippen molar-refractivity contribution in [1.29, 1.82) is 0 Å². The van der Waals surface area contributed by atoms with E-state index in [0.29, 0.717) is 22.8 Å². The zero-order valence-corrected chi connectivity index (χ0v) is 11.1. The van der Waals surface area contributed by atoms with Crippen LogP contribution in [0.2, 0.25) is 0 Å². The van der Waals surface area contributed by atoms with Crippen LogP contribution in [0.5, 0.6) is 0 Å². The SMILES string of the molecule is Cc1ncccc1C(=O)NCC(C)(C)C(N)=S. The molecule has 0 atom stereocenters. The topological polar surface area (TPSA) is 68.0 Å². The van der Waals surface area contributed by atoms with E-state index in [1.165, 1.54) is 0 Å². The van der Waals surface area contributed by atoms with Gasteiger partial charge in [-0.2, -0.15) is 0 Å². The Morgan fingerprint density at radius 2 is 2.24 bits per heavy atom. The third-order valence-electron chi connectivity index (χ3n) is 2.61. The summed E-state index contributed by atoms with van der Waals surface area (Å²) < 4.78 is 0. The van der Waals surface area contributed by atoms with Gasteiger partial charge in [0.05, 0.1) is 10.6 Å². The third-order valence-corrected chi connectivity index (χ3v) is 3.16. The van der Waals surface area contributed by atoms with Gasteiger partial charge in [-0.3, -0.25) is 9.78 Å². The molecule has 0 unspecified atom stereocenters. The van der Waals surface area contributed by atoms with E-state index < -0.39 is 0 Å². The molecule has 1 heterocycles. The van der Waals surface area contributed by atoms with E-state index in [0.717, 1.165) is 0 Å². The number of carbonyl (C=O) groups is 1. The van der Waals surface area contributed by atoms with Gasteiger partial charge < -0.3 is 11.1 Å². The molecule has 0 spiro atoms. The second-order valence-electron chi connectivity index (χ2n) is 4.57. The van der Waals surface area contributed by atoms with Gasteiger partial charge in [-0.1, -0.05) is 26.1 Å². The van der Waals surface area contributed by atoms with Crippen molar-refractivity contribution in [3.05, 3.63) is 29.6 Å². The Bertz CT molecular complexity index is 443. The van der Waals surface area contributed by atoms with Crippen LogP contribution in [-0.2, 0) is 0 Å². The third kappa shape index (κ3) is 3.49. The maximum absolute atomic E-state index is 11.9. The molecule has 1 aromatic rings. The van der Waals surface area contributed by atoms with Gasteiger partial charge in [-0.15, -0.1) is 0 Å². The highest BCUT2D eigenvalue weighted by Crippen LogP contribution is 2.14. The summed E-state index contributed by atoms with van der Waals surface area (Å²) in [6.07, 6.45) is 1.66. The summed E-state index contributed by atoms with van der Waals surface area (Å²) in [5, 5.41) is 2.81. The van der Waals surface area contributed by atoms with Gasteiger partial charge in [0.1, 0.15) is 0 Å². The second-order valence-corrected chi connectivity index (χ2v) is 5.01. The Labute approximate surface area is 107 Å². The lowest BCUT2D eigenvalue weighted by molar-refractivity contribution is 0.0944. The highest BCUT2D eigenvalue weighted by Gasteiger charge is 2.22. The van der Waals surface area contributed by atoms with Crippen LogP contribution in [0.25, 0.3) is 0 Å². The van der Waals surface area contributed by atoms with Gasteiger partial charge in [0.2, 0.25) is 0 Å². The average molecular weight is 251 g/mol. The molecule has 17 heavy (non-hydrogen) atoms. The zero-order valence-electron chi connectivity index (χ0n) is 10.3. The molecule has 1 aromatic heterocycles. The number of aryl methyl sites for hydroxylation is 1. The summed E-state index contributed by atoms with van der Waals surface area (Å²) >= 11 is 4.94. The van der Waals surface area contributed by atoms with Crippen molar-refractivity contribution in [3.63, 3.8) is 0 Å². The first-order valence-electron chi connectivity index (χ1n) is 5.34. The molecule has 5 heteroatoms. The molecule has 4 nitrogen and oxygen atoms in total. The number of aromatic nitrogens is 1. The standard InChI is InChI=1S/C12H17N3OS/c1-8-9(5-4-6-14-8)10(16)15-7-12(2,3)11(13)17/h4-6H,7H2,1-3H3,(H2,13,17)(H,15,16). The van der Waals surface area contributed by atoms with Crippen molar-refractivity contribution in [3.8, 4) is 0 Å². The summed E-state index contributed by atoms with van der Waals surface area (Å²) in [4.78, 5) is 16.4. The molecule has 0 aromatic carbocycles. The number of thiocarbonyl (C=S) groups is 1. The maximum atomic E-state index is 11.9. The van der Waals surface area contributed by atoms with E-state index in [2.05, 4.69) is 10.3 Å². The molecule has 0 fully saturated rings. The van der Waals surface area contributed by atoms with Crippen LogP contribution in [0.1, 0.15) is 29.9 Å². The summed E-state index contributed by atoms with van der Waals surface area (Å²) in [5.74, 6) is -0.153. The molecular weight excluding hydrogens is 234 g/mol. The molecule has 3 N–H and O–H groups in total. The number of pyridine rings is 1. The van der Waals surface area contributed by atoms with Gasteiger partial charge >= 0.3 is 0 Å². The lowest BCUT2D eigenvalue weighted by Gasteiger charge is -2.23. The largest absolute Gasteiger partial charge is 0.393 e. The maximum Gasteiger partial charge on any atom is 0.253 e. The van der Waals surface area contributed by atoms with Crippen molar-refractivity contribution in [1.82, 2.24) is 10.3 Å². The molecular formula is C12H17N3OS. The highest BCUT2D eigenvalue weighted by atomic mass is 32.1. The van der Waals surface area contributed by atoms with Crippen molar-refractivity contribution < 1.29 is 4.79 Å². The van der Waals surface area contributed by atoms with Gasteiger partial charge in [-0.05, 0) is 19.1 Å². The van der Waals surface area contributed by atoms with E-state index in [-0.39, 0.29) is 11.3 Å². The quantitative estimate of drug-likeness (QED) is 0.794. The number of carbonyl (C=O) groups excluding carboxylic acids is 1. The van der Waals surface area contributed by atoms with Crippen LogP contribution >= 0.6 is 12.2 Å². The fourth-order valence-corrected chi connectivity index (χ4v) is 1.28. The Balaban J connectivity index is 2.69. The van der Waals surface area contributed by atoms with Crippen LogP contribution in [-0.4, -0.2) is 22.4 Å². The van der Waals surface area contributed by atoms with Crippen LogP contribution in [0.4, 0.5) is 0 Å². The molecule has 0 saturated heterocycles. The number of nitrogens with zero attached hydrogens (tertiary/aromatic N) is 1. The van der Waals surface area contributed by atoms with Crippen molar-refractivity contribution in [2.75, 3.05) is 6.54 Å². The lowest BCUT2D eigenvalue weighted by atomic mass is 9.93. The summed E-state index contributed by atoms with van der Waals surface area (Å²) in [6, 6.07) is 3.48. The minimum Gasteiger partial charge on any atom is -0.393 e. The molecule has 92 valence electrons. The van der Waals surface area contributed by atoms with Gasteiger partial charge in [-0.25, -0.2) is 0 Å². The van der Waals surface area contributed by atoms with Crippen molar-refractivity contribution in [2.45, 2.75) is 20.8 Å². The minimum absolute atomic E-state index is 0.153. The molecule has 1 amide bonds. The Hall–Kier alpha value is -1.49. The summed E-state index contributed by atoms with van der Waals surface area (Å²) in [7, 11) is 0.